The number of urea groups is 2. The van der Waals surface area contributed by atoms with Crippen LogP contribution in [0.2, 0.25) is 0 Å². The van der Waals surface area contributed by atoms with Gasteiger partial charge < -0.3 is 45.3 Å². The number of carbonyl (C=O) groups excluding carboxylic acids is 4. The summed E-state index contributed by atoms with van der Waals surface area (Å²) in [6.45, 7) is 1.70. The van der Waals surface area contributed by atoms with E-state index in [0.717, 1.165) is 16.7 Å². The van der Waals surface area contributed by atoms with Crippen molar-refractivity contribution in [2.24, 2.45) is 0 Å². The summed E-state index contributed by atoms with van der Waals surface area (Å²) in [6.07, 6.45) is 2.53. The molecule has 6 amide bonds. The van der Waals surface area contributed by atoms with Crippen molar-refractivity contribution in [2.75, 3.05) is 43.9 Å². The second-order valence-electron chi connectivity index (χ2n) is 13.8. The molecule has 3 heterocycles. The summed E-state index contributed by atoms with van der Waals surface area (Å²) in [5.41, 5.74) is 4.83. The number of anilines is 2. The number of carbonyl (C=O) groups is 4. The van der Waals surface area contributed by atoms with E-state index in [9.17, 15) is 24.3 Å². The van der Waals surface area contributed by atoms with Crippen LogP contribution in [-0.2, 0) is 14.3 Å². The van der Waals surface area contributed by atoms with Gasteiger partial charge in [-0.05, 0) is 78.1 Å². The van der Waals surface area contributed by atoms with Crippen LogP contribution in [0.15, 0.2) is 132 Å². The maximum absolute atomic E-state index is 13.1. The maximum atomic E-state index is 13.1. The van der Waals surface area contributed by atoms with Gasteiger partial charge in [0.1, 0.15) is 0 Å². The van der Waals surface area contributed by atoms with Gasteiger partial charge in [-0.1, -0.05) is 60.7 Å². The highest BCUT2D eigenvalue weighted by molar-refractivity contribution is 5.91. The smallest absolute Gasteiger partial charge is 0.323 e. The molecule has 0 saturated carbocycles. The van der Waals surface area contributed by atoms with E-state index in [0.29, 0.717) is 73.2 Å². The topological polar surface area (TPSA) is 178 Å². The Morgan fingerprint density at radius 2 is 1.42 bits per heavy atom. The fourth-order valence-electron chi connectivity index (χ4n) is 6.83. The number of nitrogens with one attached hydrogen (secondary N) is 4. The summed E-state index contributed by atoms with van der Waals surface area (Å²) < 4.78 is 11.5. The molecule has 5 N–H and O–H groups in total. The fraction of sp³-hybridized carbons (Fsp3) is 0.233. The lowest BCUT2D eigenvalue weighted by Gasteiger charge is -2.23. The molecule has 2 saturated heterocycles. The van der Waals surface area contributed by atoms with Crippen LogP contribution >= 0.6 is 0 Å². The van der Waals surface area contributed by atoms with Crippen LogP contribution in [-0.4, -0.2) is 83.1 Å². The summed E-state index contributed by atoms with van der Waals surface area (Å²) in [7, 11) is 1.52. The average Bonchev–Trinajstić information content (AvgIpc) is 4.04. The lowest BCUT2D eigenvalue weighted by Crippen LogP contribution is -2.41. The second-order valence-corrected chi connectivity index (χ2v) is 13.8. The molecule has 3 unspecified atom stereocenters. The molecule has 292 valence electrons. The van der Waals surface area contributed by atoms with Gasteiger partial charge in [-0.15, -0.1) is 0 Å². The third-order valence-electron chi connectivity index (χ3n) is 9.89. The van der Waals surface area contributed by atoms with Gasteiger partial charge in [0.05, 0.1) is 6.20 Å². The molecular formula is C43H43N7O7. The van der Waals surface area contributed by atoms with Crippen LogP contribution in [0.5, 0.6) is 0 Å². The first-order chi connectivity index (χ1) is 27.7. The molecule has 1 aromatic heterocycles. The van der Waals surface area contributed by atoms with Crippen molar-refractivity contribution in [1.29, 1.82) is 0 Å². The molecule has 14 heteroatoms. The molecule has 57 heavy (non-hydrogen) atoms. The highest BCUT2D eigenvalue weighted by Crippen LogP contribution is 2.28. The lowest BCUT2D eigenvalue weighted by atomic mass is 10.1. The number of nitrogens with zero attached hydrogens (tertiary/aromatic N) is 3. The lowest BCUT2D eigenvalue weighted by molar-refractivity contribution is -0.141. The van der Waals surface area contributed by atoms with Crippen molar-refractivity contribution in [3.05, 3.63) is 138 Å². The Hall–Kier alpha value is -6.77. The van der Waals surface area contributed by atoms with E-state index < -0.39 is 18.2 Å². The number of ether oxygens (including phenoxy) is 1. The van der Waals surface area contributed by atoms with Crippen molar-refractivity contribution in [2.45, 2.75) is 31.1 Å². The number of hydrogen-bond donors (Lipinski definition) is 5. The van der Waals surface area contributed by atoms with E-state index in [1.807, 2.05) is 48.5 Å². The van der Waals surface area contributed by atoms with E-state index >= 15 is 0 Å². The zero-order valence-electron chi connectivity index (χ0n) is 31.3. The van der Waals surface area contributed by atoms with Gasteiger partial charge in [0.15, 0.2) is 18.0 Å². The number of rotatable bonds is 11. The minimum absolute atomic E-state index is 0.130. The van der Waals surface area contributed by atoms with Crippen molar-refractivity contribution in [3.8, 4) is 22.8 Å². The van der Waals surface area contributed by atoms with Crippen LogP contribution < -0.4 is 21.3 Å². The summed E-state index contributed by atoms with van der Waals surface area (Å²) in [6, 6.07) is 31.4. The summed E-state index contributed by atoms with van der Waals surface area (Å²) >= 11 is 0. The Morgan fingerprint density at radius 1 is 0.789 bits per heavy atom. The van der Waals surface area contributed by atoms with Gasteiger partial charge in [0, 0.05) is 68.0 Å². The SMILES string of the molecule is COC(C(=O)N1CCC(NC(=O)Nc2ccc(-c3cnc(-c4ccc(NC(=O)N/C=C5/CCN(C(=O)C(O)c6ccccc6)C5)cc4)o3)cc2)C1)c1ccccc1. The van der Waals surface area contributed by atoms with E-state index in [1.165, 1.54) is 7.11 Å². The van der Waals surface area contributed by atoms with E-state index in [1.54, 1.807) is 82.9 Å². The van der Waals surface area contributed by atoms with Crippen molar-refractivity contribution in [3.63, 3.8) is 0 Å². The highest BCUT2D eigenvalue weighted by Gasteiger charge is 2.32. The molecular weight excluding hydrogens is 727 g/mol. The number of benzene rings is 4. The van der Waals surface area contributed by atoms with Crippen molar-refractivity contribution >= 4 is 35.3 Å². The average molecular weight is 770 g/mol. The van der Waals surface area contributed by atoms with E-state index in [-0.39, 0.29) is 23.9 Å². The standard InChI is InChI=1S/C43H43N7O7/c1-56-38(31-10-6-3-7-11-31)41(53)50-23-21-35(27-50)48-43(55)47-34-16-12-29(13-17-34)36-25-44-39(57-36)32-14-18-33(19-15-32)46-42(54)45-24-28-20-22-49(26-28)40(52)37(51)30-8-4-2-5-9-30/h2-19,24-25,35,37-38,51H,20-23,26-27H2,1H3,(H2,45,46,54)(H2,47,48,55)/b28-24-. The minimum atomic E-state index is -1.23. The monoisotopic (exact) mass is 769 g/mol. The third kappa shape index (κ3) is 9.55. The number of aromatic nitrogens is 1. The molecule has 4 aromatic carbocycles. The number of aliphatic hydroxyl groups excluding tert-OH is 1. The highest BCUT2D eigenvalue weighted by atomic mass is 16.5. The zero-order valence-corrected chi connectivity index (χ0v) is 31.3. The molecule has 0 aliphatic carbocycles. The third-order valence-corrected chi connectivity index (χ3v) is 9.89. The van der Waals surface area contributed by atoms with Gasteiger partial charge in [-0.2, -0.15) is 0 Å². The van der Waals surface area contributed by atoms with E-state index in [2.05, 4.69) is 26.3 Å². The quantitative estimate of drug-likeness (QED) is 0.107. The molecule has 2 aliphatic heterocycles. The first kappa shape index (κ1) is 38.5. The normalized spacial score (nSPS) is 16.9. The number of methoxy groups -OCH3 is 1. The second kappa shape index (κ2) is 17.8. The first-order valence-corrected chi connectivity index (χ1v) is 18.6. The number of hydrogen-bond acceptors (Lipinski definition) is 8. The Morgan fingerprint density at radius 3 is 2.09 bits per heavy atom. The zero-order chi connectivity index (χ0) is 39.7. The Labute approximate surface area is 329 Å². The Kier molecular flexibility index (Phi) is 12.0. The predicted molar refractivity (Wildman–Crippen MR) is 214 cm³/mol. The number of amides is 6. The fourth-order valence-corrected chi connectivity index (χ4v) is 6.83. The number of aliphatic hydroxyl groups is 1. The van der Waals surface area contributed by atoms with Gasteiger partial charge in [-0.25, -0.2) is 14.6 Å². The van der Waals surface area contributed by atoms with Crippen LogP contribution in [0.25, 0.3) is 22.8 Å². The van der Waals surface area contributed by atoms with Gasteiger partial charge in [0.2, 0.25) is 5.89 Å². The first-order valence-electron chi connectivity index (χ1n) is 18.6. The van der Waals surface area contributed by atoms with Gasteiger partial charge in [0.25, 0.3) is 11.8 Å². The molecule has 0 radical (unpaired) electrons. The summed E-state index contributed by atoms with van der Waals surface area (Å²) in [4.78, 5) is 59.0. The molecule has 7 rings (SSSR count). The van der Waals surface area contributed by atoms with E-state index in [4.69, 9.17) is 9.15 Å². The van der Waals surface area contributed by atoms with Crippen LogP contribution in [0, 0.1) is 0 Å². The number of oxazole rings is 1. The van der Waals surface area contributed by atoms with Crippen LogP contribution in [0.1, 0.15) is 36.2 Å². The predicted octanol–water partition coefficient (Wildman–Crippen LogP) is 6.09. The van der Waals surface area contributed by atoms with Gasteiger partial charge >= 0.3 is 12.1 Å². The van der Waals surface area contributed by atoms with Crippen LogP contribution in [0.3, 0.4) is 0 Å². The van der Waals surface area contributed by atoms with Gasteiger partial charge in [-0.3, -0.25) is 9.59 Å². The molecule has 0 bridgehead atoms. The molecule has 5 aromatic rings. The molecule has 2 fully saturated rings. The Balaban J connectivity index is 0.852. The molecule has 2 aliphatic rings. The molecule has 0 spiro atoms. The summed E-state index contributed by atoms with van der Waals surface area (Å²) in [5.74, 6) is 0.437. The summed E-state index contributed by atoms with van der Waals surface area (Å²) in [5, 5.41) is 21.8. The number of likely N-dealkylation sites (tertiary alicyclic amines) is 2. The minimum Gasteiger partial charge on any atom is -0.436 e. The molecule has 3 atom stereocenters. The largest absolute Gasteiger partial charge is 0.436 e. The Bertz CT molecular complexity index is 2210. The van der Waals surface area contributed by atoms with Crippen LogP contribution in [0.4, 0.5) is 21.0 Å². The maximum Gasteiger partial charge on any atom is 0.323 e. The van der Waals surface area contributed by atoms with Crippen molar-refractivity contribution < 1.29 is 33.4 Å². The van der Waals surface area contributed by atoms with Crippen molar-refractivity contribution in [1.82, 2.24) is 25.4 Å². The molecule has 14 nitrogen and oxygen atoms in total.